The van der Waals surface area contributed by atoms with E-state index in [1.165, 1.54) is 6.92 Å². The van der Waals surface area contributed by atoms with Crippen molar-refractivity contribution in [2.45, 2.75) is 26.3 Å². The van der Waals surface area contributed by atoms with Crippen molar-refractivity contribution >= 4 is 29.1 Å². The zero-order chi connectivity index (χ0) is 18.7. The summed E-state index contributed by atoms with van der Waals surface area (Å²) in [7, 11) is 0. The summed E-state index contributed by atoms with van der Waals surface area (Å²) in [5, 5.41) is 3.21. The molecular formula is C20H21ClN2O3. The fourth-order valence-corrected chi connectivity index (χ4v) is 3.42. The maximum Gasteiger partial charge on any atom is 0.254 e. The van der Waals surface area contributed by atoms with Gasteiger partial charge in [-0.25, -0.2) is 0 Å². The van der Waals surface area contributed by atoms with Crippen molar-refractivity contribution in [1.29, 1.82) is 0 Å². The second-order valence-electron chi connectivity index (χ2n) is 6.27. The molecule has 0 aromatic heterocycles. The minimum absolute atomic E-state index is 0.167. The Bertz CT molecular complexity index is 838. The molecule has 2 amide bonds. The van der Waals surface area contributed by atoms with E-state index in [0.29, 0.717) is 30.3 Å². The third-order valence-corrected chi connectivity index (χ3v) is 4.64. The molecule has 2 aromatic carbocycles. The van der Waals surface area contributed by atoms with Gasteiger partial charge in [-0.2, -0.15) is 0 Å². The van der Waals surface area contributed by atoms with E-state index in [9.17, 15) is 9.59 Å². The highest BCUT2D eigenvalue weighted by atomic mass is 35.5. The standard InChI is InChI=1S/C20H21ClN2O3/c1-13-7-3-4-10-17(13)26-12-6-11-23-19-15(8-5-9-16(19)21)18(20(23)25)22-14(2)24/h3-5,7-10,18H,6,11-12H2,1-2H3,(H,22,24)/t18-/m0/s1. The first-order valence-electron chi connectivity index (χ1n) is 8.54. The molecule has 1 aliphatic heterocycles. The minimum Gasteiger partial charge on any atom is -0.493 e. The van der Waals surface area contributed by atoms with E-state index in [1.807, 2.05) is 37.3 Å². The minimum atomic E-state index is -0.682. The highest BCUT2D eigenvalue weighted by Crippen LogP contribution is 2.41. The Balaban J connectivity index is 1.69. The number of nitrogens with zero attached hydrogens (tertiary/aromatic N) is 1. The van der Waals surface area contributed by atoms with E-state index in [-0.39, 0.29) is 11.8 Å². The summed E-state index contributed by atoms with van der Waals surface area (Å²) in [6.45, 7) is 4.35. The van der Waals surface area contributed by atoms with Crippen LogP contribution in [-0.2, 0) is 9.59 Å². The normalized spacial score (nSPS) is 15.7. The number of rotatable bonds is 6. The van der Waals surface area contributed by atoms with Gasteiger partial charge in [-0.05, 0) is 31.0 Å². The molecule has 0 spiro atoms. The molecule has 0 saturated heterocycles. The van der Waals surface area contributed by atoms with Crippen LogP contribution in [0.5, 0.6) is 5.75 Å². The lowest BCUT2D eigenvalue weighted by Gasteiger charge is -2.19. The summed E-state index contributed by atoms with van der Waals surface area (Å²) < 4.78 is 5.80. The van der Waals surface area contributed by atoms with Gasteiger partial charge in [-0.15, -0.1) is 0 Å². The molecule has 0 saturated carbocycles. The Morgan fingerprint density at radius 1 is 1.23 bits per heavy atom. The van der Waals surface area contributed by atoms with E-state index in [0.717, 1.165) is 16.9 Å². The fourth-order valence-electron chi connectivity index (χ4n) is 3.14. The predicted molar refractivity (Wildman–Crippen MR) is 102 cm³/mol. The lowest BCUT2D eigenvalue weighted by Crippen LogP contribution is -2.37. The number of carbonyl (C=O) groups excluding carboxylic acids is 2. The van der Waals surface area contributed by atoms with Crippen molar-refractivity contribution in [3.63, 3.8) is 0 Å². The number of carbonyl (C=O) groups is 2. The molecule has 2 aromatic rings. The highest BCUT2D eigenvalue weighted by Gasteiger charge is 2.38. The van der Waals surface area contributed by atoms with Crippen molar-refractivity contribution in [3.05, 3.63) is 58.6 Å². The van der Waals surface area contributed by atoms with Crippen molar-refractivity contribution < 1.29 is 14.3 Å². The summed E-state index contributed by atoms with van der Waals surface area (Å²) in [5.41, 5.74) is 2.48. The molecule has 0 aliphatic carbocycles. The van der Waals surface area contributed by atoms with E-state index in [4.69, 9.17) is 16.3 Å². The molecule has 3 rings (SSSR count). The number of aryl methyl sites for hydroxylation is 1. The second-order valence-corrected chi connectivity index (χ2v) is 6.68. The quantitative estimate of drug-likeness (QED) is 0.787. The number of para-hydroxylation sites is 2. The third-order valence-electron chi connectivity index (χ3n) is 4.34. The predicted octanol–water partition coefficient (Wildman–Crippen LogP) is 3.64. The fraction of sp³-hybridized carbons (Fsp3) is 0.300. The second kappa shape index (κ2) is 7.79. The average molecular weight is 373 g/mol. The largest absolute Gasteiger partial charge is 0.493 e. The Kier molecular flexibility index (Phi) is 5.47. The summed E-state index contributed by atoms with van der Waals surface area (Å²) in [5.74, 6) is 0.424. The van der Waals surface area contributed by atoms with E-state index in [2.05, 4.69) is 5.32 Å². The molecule has 1 atom stereocenters. The molecule has 1 heterocycles. The summed E-state index contributed by atoms with van der Waals surface area (Å²) in [6, 6.07) is 12.5. The van der Waals surface area contributed by atoms with E-state index >= 15 is 0 Å². The number of benzene rings is 2. The number of hydrogen-bond donors (Lipinski definition) is 1. The van der Waals surface area contributed by atoms with Crippen molar-refractivity contribution in [2.75, 3.05) is 18.1 Å². The third kappa shape index (κ3) is 3.68. The lowest BCUT2D eigenvalue weighted by molar-refractivity contribution is -0.126. The Morgan fingerprint density at radius 3 is 2.73 bits per heavy atom. The molecule has 0 radical (unpaired) electrons. The lowest BCUT2D eigenvalue weighted by atomic mass is 10.1. The van der Waals surface area contributed by atoms with Gasteiger partial charge in [0.05, 0.1) is 17.3 Å². The topological polar surface area (TPSA) is 58.6 Å². The molecule has 0 fully saturated rings. The summed E-state index contributed by atoms with van der Waals surface area (Å²) >= 11 is 6.32. The van der Waals surface area contributed by atoms with Gasteiger partial charge < -0.3 is 15.0 Å². The maximum atomic E-state index is 12.8. The maximum absolute atomic E-state index is 12.8. The zero-order valence-electron chi connectivity index (χ0n) is 14.8. The molecule has 136 valence electrons. The molecule has 26 heavy (non-hydrogen) atoms. The molecular weight excluding hydrogens is 352 g/mol. The number of nitrogens with one attached hydrogen (secondary N) is 1. The molecule has 0 bridgehead atoms. The van der Waals surface area contributed by atoms with Crippen LogP contribution in [0, 0.1) is 6.92 Å². The Morgan fingerprint density at radius 2 is 2.00 bits per heavy atom. The Hall–Kier alpha value is -2.53. The van der Waals surface area contributed by atoms with Crippen LogP contribution in [0.4, 0.5) is 5.69 Å². The van der Waals surface area contributed by atoms with Gasteiger partial charge in [-0.3, -0.25) is 9.59 Å². The van der Waals surface area contributed by atoms with Crippen LogP contribution in [0.15, 0.2) is 42.5 Å². The summed E-state index contributed by atoms with van der Waals surface area (Å²) in [4.78, 5) is 25.9. The number of anilines is 1. The van der Waals surface area contributed by atoms with Gasteiger partial charge in [0, 0.05) is 19.0 Å². The van der Waals surface area contributed by atoms with E-state index < -0.39 is 6.04 Å². The van der Waals surface area contributed by atoms with Crippen molar-refractivity contribution in [2.24, 2.45) is 0 Å². The van der Waals surface area contributed by atoms with Gasteiger partial charge in [0.2, 0.25) is 5.91 Å². The summed E-state index contributed by atoms with van der Waals surface area (Å²) in [6.07, 6.45) is 0.650. The van der Waals surface area contributed by atoms with Crippen LogP contribution >= 0.6 is 11.6 Å². The first-order valence-corrected chi connectivity index (χ1v) is 8.92. The van der Waals surface area contributed by atoms with Crippen LogP contribution < -0.4 is 15.0 Å². The van der Waals surface area contributed by atoms with Crippen LogP contribution in [0.2, 0.25) is 5.02 Å². The number of fused-ring (bicyclic) bond motifs is 1. The number of ether oxygens (including phenoxy) is 1. The molecule has 1 aliphatic rings. The van der Waals surface area contributed by atoms with Gasteiger partial charge in [0.1, 0.15) is 11.8 Å². The number of hydrogen-bond acceptors (Lipinski definition) is 3. The smallest absolute Gasteiger partial charge is 0.254 e. The molecule has 1 N–H and O–H groups in total. The van der Waals surface area contributed by atoms with Crippen LogP contribution in [0.1, 0.15) is 30.5 Å². The SMILES string of the molecule is CC(=O)N[C@@H]1C(=O)N(CCCOc2ccccc2C)c2c(Cl)cccc21. The zero-order valence-corrected chi connectivity index (χ0v) is 15.5. The molecule has 0 unspecified atom stereocenters. The van der Waals surface area contributed by atoms with Crippen LogP contribution in [-0.4, -0.2) is 25.0 Å². The van der Waals surface area contributed by atoms with Gasteiger partial charge in [-0.1, -0.05) is 41.9 Å². The van der Waals surface area contributed by atoms with Crippen LogP contribution in [0.3, 0.4) is 0 Å². The van der Waals surface area contributed by atoms with Gasteiger partial charge >= 0.3 is 0 Å². The number of amides is 2. The van der Waals surface area contributed by atoms with Crippen molar-refractivity contribution in [3.8, 4) is 5.75 Å². The molecule has 5 nitrogen and oxygen atoms in total. The van der Waals surface area contributed by atoms with Gasteiger partial charge in [0.25, 0.3) is 5.91 Å². The molecule has 6 heteroatoms. The van der Waals surface area contributed by atoms with Crippen LogP contribution in [0.25, 0.3) is 0 Å². The van der Waals surface area contributed by atoms with Gasteiger partial charge in [0.15, 0.2) is 0 Å². The first kappa shape index (κ1) is 18.3. The number of halogens is 1. The monoisotopic (exact) mass is 372 g/mol. The van der Waals surface area contributed by atoms with E-state index in [1.54, 1.807) is 17.0 Å². The first-order chi connectivity index (χ1) is 12.5. The average Bonchev–Trinajstić information content (AvgIpc) is 2.86. The Labute approximate surface area is 157 Å². The van der Waals surface area contributed by atoms with Crippen molar-refractivity contribution in [1.82, 2.24) is 5.32 Å². The highest BCUT2D eigenvalue weighted by molar-refractivity contribution is 6.34.